The van der Waals surface area contributed by atoms with Crippen molar-refractivity contribution in [2.45, 2.75) is 52.5 Å². The molecule has 0 radical (unpaired) electrons. The molecule has 0 saturated carbocycles. The van der Waals surface area contributed by atoms with Crippen LogP contribution in [0.1, 0.15) is 51.2 Å². The second-order valence-corrected chi connectivity index (χ2v) is 10.2. The number of thiazole rings is 1. The molecule has 2 heterocycles. The fourth-order valence-corrected chi connectivity index (χ4v) is 5.16. The molecule has 0 bridgehead atoms. The van der Waals surface area contributed by atoms with Crippen LogP contribution in [0.5, 0.6) is 0 Å². The number of sulfonamides is 1. The van der Waals surface area contributed by atoms with Crippen LogP contribution < -0.4 is 0 Å². The smallest absolute Gasteiger partial charge is 0.214 e. The molecule has 0 amide bonds. The highest BCUT2D eigenvalue weighted by atomic mass is 32.2. The average Bonchev–Trinajstić information content (AvgIpc) is 2.77. The predicted molar refractivity (Wildman–Crippen MR) is 96.4 cm³/mol. The van der Waals surface area contributed by atoms with Gasteiger partial charge >= 0.3 is 0 Å². The first-order valence-corrected chi connectivity index (χ1v) is 10.9. The lowest BCUT2D eigenvalue weighted by molar-refractivity contribution is 0.275. The predicted octanol–water partition coefficient (Wildman–Crippen LogP) is 2.69. The van der Waals surface area contributed by atoms with Crippen molar-refractivity contribution in [3.8, 4) is 0 Å². The third-order valence-corrected chi connectivity index (χ3v) is 7.37. The summed E-state index contributed by atoms with van der Waals surface area (Å²) in [6.45, 7) is 12.2. The minimum atomic E-state index is -3.08. The average molecular weight is 360 g/mol. The molecule has 1 aromatic heterocycles. The van der Waals surface area contributed by atoms with Crippen LogP contribution in [-0.2, 0) is 22.0 Å². The minimum absolute atomic E-state index is 0.0900. The van der Waals surface area contributed by atoms with Gasteiger partial charge in [0.1, 0.15) is 0 Å². The summed E-state index contributed by atoms with van der Waals surface area (Å²) >= 11 is 1.72. The summed E-state index contributed by atoms with van der Waals surface area (Å²) in [5, 5.41) is 3.30. The third-order valence-electron chi connectivity index (χ3n) is 3.98. The van der Waals surface area contributed by atoms with Crippen molar-refractivity contribution < 1.29 is 8.42 Å². The van der Waals surface area contributed by atoms with Crippen molar-refractivity contribution in [3.63, 3.8) is 0 Å². The molecule has 1 aliphatic rings. The largest absolute Gasteiger partial charge is 0.296 e. The second-order valence-electron chi connectivity index (χ2n) is 7.24. The van der Waals surface area contributed by atoms with Gasteiger partial charge in [0.15, 0.2) is 0 Å². The van der Waals surface area contributed by atoms with E-state index >= 15 is 0 Å². The fraction of sp³-hybridized carbons (Fsp3) is 0.812. The maximum atomic E-state index is 12.2. The Balaban J connectivity index is 1.95. The number of hydrogen-bond acceptors (Lipinski definition) is 5. The van der Waals surface area contributed by atoms with Gasteiger partial charge in [-0.1, -0.05) is 27.7 Å². The SMILES string of the molecule is CCCS(=O)(=O)N1CCCN(Cc2csc(C(C)(C)C)n2)CC1. The zero-order valence-electron chi connectivity index (χ0n) is 14.7. The van der Waals surface area contributed by atoms with Crippen LogP contribution in [0.3, 0.4) is 0 Å². The van der Waals surface area contributed by atoms with Crippen molar-refractivity contribution >= 4 is 21.4 Å². The Morgan fingerprint density at radius 2 is 1.96 bits per heavy atom. The summed E-state index contributed by atoms with van der Waals surface area (Å²) in [6.07, 6.45) is 1.57. The van der Waals surface area contributed by atoms with E-state index in [2.05, 4.69) is 31.1 Å². The van der Waals surface area contributed by atoms with Crippen LogP contribution in [0.25, 0.3) is 0 Å². The molecule has 0 unspecified atom stereocenters. The fourth-order valence-electron chi connectivity index (χ4n) is 2.72. The monoisotopic (exact) mass is 359 g/mol. The summed E-state index contributed by atoms with van der Waals surface area (Å²) in [6, 6.07) is 0. The van der Waals surface area contributed by atoms with Gasteiger partial charge < -0.3 is 0 Å². The summed E-state index contributed by atoms with van der Waals surface area (Å²) < 4.78 is 26.1. The van der Waals surface area contributed by atoms with E-state index in [4.69, 9.17) is 4.98 Å². The van der Waals surface area contributed by atoms with E-state index in [-0.39, 0.29) is 11.2 Å². The van der Waals surface area contributed by atoms with Gasteiger partial charge in [-0.3, -0.25) is 4.90 Å². The van der Waals surface area contributed by atoms with Crippen LogP contribution in [0.15, 0.2) is 5.38 Å². The number of hydrogen-bond donors (Lipinski definition) is 0. The number of rotatable bonds is 5. The minimum Gasteiger partial charge on any atom is -0.296 e. The Labute approximate surface area is 144 Å². The Morgan fingerprint density at radius 3 is 2.57 bits per heavy atom. The number of aromatic nitrogens is 1. The molecule has 1 saturated heterocycles. The Hall–Kier alpha value is -0.500. The van der Waals surface area contributed by atoms with E-state index in [0.717, 1.165) is 36.8 Å². The van der Waals surface area contributed by atoms with Crippen molar-refractivity contribution in [1.29, 1.82) is 0 Å². The molecule has 0 aromatic carbocycles. The molecular formula is C16H29N3O2S2. The van der Waals surface area contributed by atoms with Gasteiger partial charge in [-0.25, -0.2) is 17.7 Å². The van der Waals surface area contributed by atoms with Crippen LogP contribution in [0, 0.1) is 0 Å². The van der Waals surface area contributed by atoms with Gasteiger partial charge in [-0.2, -0.15) is 0 Å². The first-order chi connectivity index (χ1) is 10.7. The van der Waals surface area contributed by atoms with E-state index in [1.54, 1.807) is 15.6 Å². The van der Waals surface area contributed by atoms with Gasteiger partial charge in [0, 0.05) is 37.0 Å². The topological polar surface area (TPSA) is 53.5 Å². The van der Waals surface area contributed by atoms with E-state index < -0.39 is 10.0 Å². The van der Waals surface area contributed by atoms with Crippen LogP contribution >= 0.6 is 11.3 Å². The van der Waals surface area contributed by atoms with Gasteiger partial charge in [0.2, 0.25) is 10.0 Å². The molecule has 0 atom stereocenters. The van der Waals surface area contributed by atoms with Gasteiger partial charge in [-0.15, -0.1) is 11.3 Å². The molecule has 0 spiro atoms. The van der Waals surface area contributed by atoms with E-state index in [1.807, 2.05) is 6.92 Å². The molecule has 5 nitrogen and oxygen atoms in total. The maximum absolute atomic E-state index is 12.2. The van der Waals surface area contributed by atoms with Crippen molar-refractivity contribution in [3.05, 3.63) is 16.1 Å². The highest BCUT2D eigenvalue weighted by molar-refractivity contribution is 7.89. The van der Waals surface area contributed by atoms with E-state index in [9.17, 15) is 8.42 Å². The molecule has 7 heteroatoms. The molecule has 2 rings (SSSR count). The summed E-state index contributed by atoms with van der Waals surface area (Å²) in [4.78, 5) is 7.07. The molecular weight excluding hydrogens is 330 g/mol. The van der Waals surface area contributed by atoms with Crippen LogP contribution in [-0.4, -0.2) is 54.5 Å². The Morgan fingerprint density at radius 1 is 1.22 bits per heavy atom. The molecule has 0 N–H and O–H groups in total. The summed E-state index contributed by atoms with van der Waals surface area (Å²) in [5.74, 6) is 0.258. The quantitative estimate of drug-likeness (QED) is 0.811. The van der Waals surface area contributed by atoms with E-state index in [0.29, 0.717) is 19.5 Å². The van der Waals surface area contributed by atoms with Gasteiger partial charge in [0.05, 0.1) is 16.5 Å². The molecule has 1 aromatic rings. The third kappa shape index (κ3) is 5.24. The molecule has 132 valence electrons. The Bertz CT molecular complexity index is 605. The lowest BCUT2D eigenvalue weighted by atomic mass is 9.98. The molecule has 23 heavy (non-hydrogen) atoms. The van der Waals surface area contributed by atoms with Gasteiger partial charge in [0.25, 0.3) is 0 Å². The molecule has 1 fully saturated rings. The second kappa shape index (κ2) is 7.59. The lowest BCUT2D eigenvalue weighted by Gasteiger charge is -2.21. The zero-order chi connectivity index (χ0) is 17.1. The normalized spacial score (nSPS) is 19.0. The first kappa shape index (κ1) is 18.8. The Kier molecular flexibility index (Phi) is 6.22. The summed E-state index contributed by atoms with van der Waals surface area (Å²) in [7, 11) is -3.08. The summed E-state index contributed by atoms with van der Waals surface area (Å²) in [5.41, 5.74) is 1.19. The van der Waals surface area contributed by atoms with Crippen molar-refractivity contribution in [2.75, 3.05) is 31.9 Å². The highest BCUT2D eigenvalue weighted by Gasteiger charge is 2.25. The zero-order valence-corrected chi connectivity index (χ0v) is 16.3. The van der Waals surface area contributed by atoms with Crippen LogP contribution in [0.4, 0.5) is 0 Å². The highest BCUT2D eigenvalue weighted by Crippen LogP contribution is 2.26. The van der Waals surface area contributed by atoms with E-state index in [1.165, 1.54) is 0 Å². The van der Waals surface area contributed by atoms with Gasteiger partial charge in [-0.05, 0) is 19.4 Å². The van der Waals surface area contributed by atoms with Crippen molar-refractivity contribution in [2.24, 2.45) is 0 Å². The molecule has 1 aliphatic heterocycles. The maximum Gasteiger partial charge on any atom is 0.214 e. The number of nitrogens with zero attached hydrogens (tertiary/aromatic N) is 3. The lowest BCUT2D eigenvalue weighted by Crippen LogP contribution is -2.36. The standard InChI is InChI=1S/C16H29N3O2S2/c1-5-11-23(20,21)19-8-6-7-18(9-10-19)12-14-13-22-15(17-14)16(2,3)4/h13H,5-12H2,1-4H3. The molecule has 0 aliphatic carbocycles. The van der Waals surface area contributed by atoms with Crippen LogP contribution in [0.2, 0.25) is 0 Å². The van der Waals surface area contributed by atoms with Crippen molar-refractivity contribution in [1.82, 2.24) is 14.2 Å². The first-order valence-electron chi connectivity index (χ1n) is 8.37.